The Labute approximate surface area is 143 Å². The molecule has 0 amide bonds. The van der Waals surface area contributed by atoms with Crippen LogP contribution in [0.2, 0.25) is 0 Å². The van der Waals surface area contributed by atoms with Crippen molar-refractivity contribution in [2.45, 2.75) is 13.5 Å². The van der Waals surface area contributed by atoms with Crippen molar-refractivity contribution in [1.82, 2.24) is 14.4 Å². The molecule has 1 aliphatic rings. The van der Waals surface area contributed by atoms with Crippen LogP contribution in [0.3, 0.4) is 0 Å². The first-order valence-corrected chi connectivity index (χ1v) is 8.58. The van der Waals surface area contributed by atoms with Crippen LogP contribution in [0, 0.1) is 0 Å². The quantitative estimate of drug-likeness (QED) is 0.753. The highest BCUT2D eigenvalue weighted by Gasteiger charge is 2.26. The van der Waals surface area contributed by atoms with Gasteiger partial charge in [-0.2, -0.15) is 13.4 Å². The fourth-order valence-electron chi connectivity index (χ4n) is 2.05. The number of esters is 1. The number of hydrogen-bond donors (Lipinski definition) is 0. The minimum Gasteiger partial charge on any atom is -0.452 e. The van der Waals surface area contributed by atoms with E-state index in [4.69, 9.17) is 9.26 Å². The molecule has 9 nitrogen and oxygen atoms in total. The first-order chi connectivity index (χ1) is 11.9. The third kappa shape index (κ3) is 3.58. The van der Waals surface area contributed by atoms with E-state index in [-0.39, 0.29) is 23.8 Å². The normalized spacial score (nSPS) is 16.2. The van der Waals surface area contributed by atoms with Gasteiger partial charge in [-0.3, -0.25) is 4.31 Å². The number of ether oxygens (including phenoxy) is 1. The predicted molar refractivity (Wildman–Crippen MR) is 87.4 cm³/mol. The maximum Gasteiger partial charge on any atom is 0.344 e. The third-order valence-corrected chi connectivity index (χ3v) is 4.70. The second kappa shape index (κ2) is 6.48. The molecule has 0 bridgehead atoms. The smallest absolute Gasteiger partial charge is 0.344 e. The van der Waals surface area contributed by atoms with Gasteiger partial charge in [0, 0.05) is 18.8 Å². The van der Waals surface area contributed by atoms with Gasteiger partial charge in [0.05, 0.1) is 11.3 Å². The van der Waals surface area contributed by atoms with Crippen LogP contribution in [0.25, 0.3) is 11.4 Å². The second-order valence-electron chi connectivity index (χ2n) is 5.17. The zero-order chi connectivity index (χ0) is 18.0. The van der Waals surface area contributed by atoms with Gasteiger partial charge in [-0.25, -0.2) is 4.79 Å². The molecule has 2 aromatic rings. The Kier molecular flexibility index (Phi) is 4.36. The molecular formula is C15H14N4O5S. The molecule has 0 saturated heterocycles. The summed E-state index contributed by atoms with van der Waals surface area (Å²) in [7, 11) is -2.49. The Morgan fingerprint density at radius 1 is 1.28 bits per heavy atom. The number of benzene rings is 1. The van der Waals surface area contributed by atoms with Crippen molar-refractivity contribution in [2.75, 3.05) is 7.05 Å². The first-order valence-electron chi connectivity index (χ1n) is 7.18. The Balaban J connectivity index is 1.68. The van der Waals surface area contributed by atoms with E-state index in [1.54, 1.807) is 0 Å². The van der Waals surface area contributed by atoms with E-state index >= 15 is 0 Å². The van der Waals surface area contributed by atoms with E-state index in [1.807, 2.05) is 30.3 Å². The molecule has 10 heteroatoms. The second-order valence-corrected chi connectivity index (χ2v) is 6.82. The molecule has 0 atom stereocenters. The SMILES string of the molecule is CC1=NS(=O)(=O)N(C)C=C1C(=O)OCc1nc(-c2ccccc2)no1. The maximum absolute atomic E-state index is 12.1. The molecule has 0 N–H and O–H groups in total. The zero-order valence-electron chi connectivity index (χ0n) is 13.4. The Morgan fingerprint density at radius 3 is 2.72 bits per heavy atom. The van der Waals surface area contributed by atoms with Crippen molar-refractivity contribution in [3.8, 4) is 11.4 Å². The highest BCUT2D eigenvalue weighted by atomic mass is 32.2. The Bertz CT molecular complexity index is 963. The number of nitrogens with zero attached hydrogens (tertiary/aromatic N) is 4. The summed E-state index contributed by atoms with van der Waals surface area (Å²) in [5, 5.41) is 3.82. The summed E-state index contributed by atoms with van der Waals surface area (Å²) in [6.07, 6.45) is 1.16. The number of aromatic nitrogens is 2. The summed E-state index contributed by atoms with van der Waals surface area (Å²) < 4.78 is 37.6. The van der Waals surface area contributed by atoms with Crippen LogP contribution in [0.5, 0.6) is 0 Å². The summed E-state index contributed by atoms with van der Waals surface area (Å²) >= 11 is 0. The van der Waals surface area contributed by atoms with Crippen LogP contribution in [0.1, 0.15) is 12.8 Å². The molecule has 0 spiro atoms. The Morgan fingerprint density at radius 2 is 2.00 bits per heavy atom. The van der Waals surface area contributed by atoms with Gasteiger partial charge in [0.15, 0.2) is 6.61 Å². The van der Waals surface area contributed by atoms with Crippen LogP contribution in [0.15, 0.2) is 51.0 Å². The molecule has 1 aromatic carbocycles. The summed E-state index contributed by atoms with van der Waals surface area (Å²) in [5.41, 5.74) is 0.868. The fraction of sp³-hybridized carbons (Fsp3) is 0.200. The maximum atomic E-state index is 12.1. The average Bonchev–Trinajstić information content (AvgIpc) is 3.05. The van der Waals surface area contributed by atoms with Crippen LogP contribution in [-0.2, 0) is 26.3 Å². The summed E-state index contributed by atoms with van der Waals surface area (Å²) in [6.45, 7) is 1.18. The number of rotatable bonds is 4. The minimum absolute atomic E-state index is 0.0418. The topological polar surface area (TPSA) is 115 Å². The van der Waals surface area contributed by atoms with Crippen LogP contribution in [-0.4, -0.2) is 41.6 Å². The Hall–Kier alpha value is -3.01. The molecule has 0 fully saturated rings. The minimum atomic E-state index is -3.78. The predicted octanol–water partition coefficient (Wildman–Crippen LogP) is 1.31. The summed E-state index contributed by atoms with van der Waals surface area (Å²) in [5.74, 6) is -0.228. The third-order valence-electron chi connectivity index (χ3n) is 3.36. The molecular weight excluding hydrogens is 348 g/mol. The molecule has 1 aromatic heterocycles. The zero-order valence-corrected chi connectivity index (χ0v) is 14.2. The first kappa shape index (κ1) is 16.8. The summed E-state index contributed by atoms with van der Waals surface area (Å²) in [4.78, 5) is 16.3. The van der Waals surface area contributed by atoms with Gasteiger partial charge >= 0.3 is 16.2 Å². The van der Waals surface area contributed by atoms with Crippen molar-refractivity contribution in [2.24, 2.45) is 4.40 Å². The van der Waals surface area contributed by atoms with E-state index in [0.717, 1.165) is 16.1 Å². The molecule has 0 radical (unpaired) electrons. The van der Waals surface area contributed by atoms with Gasteiger partial charge in [0.2, 0.25) is 5.82 Å². The van der Waals surface area contributed by atoms with Crippen LogP contribution < -0.4 is 0 Å². The molecule has 0 saturated carbocycles. The lowest BCUT2D eigenvalue weighted by Crippen LogP contribution is -2.29. The monoisotopic (exact) mass is 362 g/mol. The fourth-order valence-corrected chi connectivity index (χ4v) is 2.86. The van der Waals surface area contributed by atoms with Crippen molar-refractivity contribution < 1.29 is 22.5 Å². The van der Waals surface area contributed by atoms with E-state index in [2.05, 4.69) is 14.5 Å². The standard InChI is InChI=1S/C15H14N4O5S/c1-10-12(8-19(2)25(21,22)18-10)15(20)23-9-13-16-14(17-24-13)11-6-4-3-5-7-11/h3-8H,9H2,1-2H3. The van der Waals surface area contributed by atoms with E-state index in [9.17, 15) is 13.2 Å². The molecule has 130 valence electrons. The van der Waals surface area contributed by atoms with Crippen molar-refractivity contribution in [3.05, 3.63) is 48.0 Å². The summed E-state index contributed by atoms with van der Waals surface area (Å²) in [6, 6.07) is 9.19. The highest BCUT2D eigenvalue weighted by molar-refractivity contribution is 7.88. The molecule has 0 unspecified atom stereocenters. The van der Waals surface area contributed by atoms with Gasteiger partial charge in [-0.15, -0.1) is 4.40 Å². The van der Waals surface area contributed by atoms with Gasteiger partial charge in [0.1, 0.15) is 0 Å². The highest BCUT2D eigenvalue weighted by Crippen LogP contribution is 2.17. The molecule has 1 aliphatic heterocycles. The van der Waals surface area contributed by atoms with Gasteiger partial charge in [-0.1, -0.05) is 35.5 Å². The van der Waals surface area contributed by atoms with Crippen LogP contribution in [0.4, 0.5) is 0 Å². The lowest BCUT2D eigenvalue weighted by atomic mass is 10.2. The molecule has 0 aliphatic carbocycles. The number of carbonyl (C=O) groups is 1. The number of hydrogen-bond acceptors (Lipinski definition) is 7. The van der Waals surface area contributed by atoms with Gasteiger partial charge < -0.3 is 9.26 Å². The van der Waals surface area contributed by atoms with E-state index < -0.39 is 16.2 Å². The van der Waals surface area contributed by atoms with Crippen molar-refractivity contribution >= 4 is 21.9 Å². The van der Waals surface area contributed by atoms with E-state index in [0.29, 0.717) is 5.82 Å². The largest absolute Gasteiger partial charge is 0.452 e. The van der Waals surface area contributed by atoms with E-state index in [1.165, 1.54) is 14.0 Å². The van der Waals surface area contributed by atoms with Crippen molar-refractivity contribution in [1.29, 1.82) is 0 Å². The molecule has 2 heterocycles. The molecule has 25 heavy (non-hydrogen) atoms. The molecule has 3 rings (SSSR count). The number of carbonyl (C=O) groups excluding carboxylic acids is 1. The van der Waals surface area contributed by atoms with Crippen LogP contribution >= 0.6 is 0 Å². The lowest BCUT2D eigenvalue weighted by Gasteiger charge is -2.18. The van der Waals surface area contributed by atoms with Gasteiger partial charge in [-0.05, 0) is 6.92 Å². The van der Waals surface area contributed by atoms with Crippen molar-refractivity contribution in [3.63, 3.8) is 0 Å². The lowest BCUT2D eigenvalue weighted by molar-refractivity contribution is -0.140. The van der Waals surface area contributed by atoms with Gasteiger partial charge in [0.25, 0.3) is 5.89 Å². The average molecular weight is 362 g/mol.